The van der Waals surface area contributed by atoms with E-state index in [-0.39, 0.29) is 40.7 Å². The standard InChI is InChI=1S/C24H24BNO2.C21H14ClN3.C18H12BN.C18H12ClN.C13H10.C12H24B2O4.C6H4BrCl.C6H14O2/c1-23(2)24(3,4)28-25(27-23)17-13-15-18(16-14-17)26-21-11-7-5-9-19(21)20-10-6-8-12-22(20)26;22-18-13-11-17(12-14-18)21-24-19(15-7-3-1-4-8-15)23-20(25-21)16-9-5-2-6-10-16;2*19-13-9-11-14(12-10-13)20-17-7-3-1-5-15(17)16-6-2-4-8-18(16)20;1-3-7-12-10(5-1)9-11-6-2-4-8-13(11)12;1-9(2)10(3,4)16-13(15-9)14-17-11(5,6)12(7,8)18-14;7-5-1-3-6(8)4-2-5;1-5(2,7)6(3,4)8/h5-16H,1-4H3;1-14H;2*1-12H;1-8H,9H2;1-8H3;1-4H;7-8H,1-4H3. The van der Waals surface area contributed by atoms with Crippen LogP contribution in [0.3, 0.4) is 0 Å². The maximum Gasteiger partial charge on any atom is 0.494 e. The van der Waals surface area contributed by atoms with Gasteiger partial charge >= 0.3 is 21.1 Å². The lowest BCUT2D eigenvalue weighted by atomic mass is 9.49. The predicted molar refractivity (Wildman–Crippen MR) is 588 cm³/mol. The van der Waals surface area contributed by atoms with E-state index in [2.05, 4.69) is 315 Å². The van der Waals surface area contributed by atoms with Crippen LogP contribution in [-0.4, -0.2) is 113 Å². The fourth-order valence-electron chi connectivity index (χ4n) is 16.6. The van der Waals surface area contributed by atoms with E-state index >= 15 is 0 Å². The highest BCUT2D eigenvalue weighted by Crippen LogP contribution is 2.45. The first-order chi connectivity index (χ1) is 66.7. The van der Waals surface area contributed by atoms with Crippen LogP contribution in [0.1, 0.15) is 122 Å². The largest absolute Gasteiger partial charge is 0.494 e. The van der Waals surface area contributed by atoms with E-state index in [4.69, 9.17) is 80.8 Å². The summed E-state index contributed by atoms with van der Waals surface area (Å²) in [5.41, 5.74) is 17.0. The van der Waals surface area contributed by atoms with Crippen LogP contribution < -0.4 is 10.9 Å². The average Bonchev–Trinajstić information content (AvgIpc) is 1.58. The molecule has 3 fully saturated rings. The molecule has 704 valence electrons. The lowest BCUT2D eigenvalue weighted by Crippen LogP contribution is -2.44. The number of aliphatic hydroxyl groups is 2. The van der Waals surface area contributed by atoms with E-state index in [1.54, 1.807) is 27.7 Å². The molecule has 14 nitrogen and oxygen atoms in total. The van der Waals surface area contributed by atoms with Gasteiger partial charge in [0.1, 0.15) is 7.85 Å². The third kappa shape index (κ3) is 22.5. The molecule has 23 rings (SSSR count). The first-order valence-corrected chi connectivity index (χ1v) is 49.0. The number of hydrogen-bond acceptors (Lipinski definition) is 11. The number of fused-ring (bicyclic) bond motifs is 12. The predicted octanol–water partition coefficient (Wildman–Crippen LogP) is 28.8. The van der Waals surface area contributed by atoms with Crippen LogP contribution in [-0.2, 0) is 34.3 Å². The van der Waals surface area contributed by atoms with Gasteiger partial charge in [0.05, 0.1) is 77.9 Å². The van der Waals surface area contributed by atoms with Gasteiger partial charge in [0, 0.05) is 85.6 Å². The van der Waals surface area contributed by atoms with Crippen LogP contribution >= 0.6 is 50.7 Å². The highest BCUT2D eigenvalue weighted by molar-refractivity contribution is 9.10. The number of para-hydroxylation sites is 6. The molecule has 0 bridgehead atoms. The molecule has 22 heteroatoms. The SMILES string of the molecule is CC(C)(O)C(C)(C)O.CC1(C)OB(B2OC(C)(C)C(C)(C)O2)OC1(C)C.CC1(C)OB(c2ccc(-n3c4ccccc4c4ccccc43)cc2)OC1(C)C.Clc1ccc(-c2nc(-c3ccccc3)nc(-c3ccccc3)n2)cc1.Clc1ccc(-n2c3ccccc3c3ccccc32)cc1.Clc1ccc(Br)cc1.[B]c1ccc(-n2c3ccccc3c3ccccc32)cc1.c1ccc2c(c1)Cc1ccccc1-2. The molecule has 0 spiro atoms. The molecule has 3 aliphatic heterocycles. The summed E-state index contributed by atoms with van der Waals surface area (Å²) in [6.45, 7) is 30.8. The Kier molecular flexibility index (Phi) is 30.3. The average molecular weight is 1970 g/mol. The molecule has 0 unspecified atom stereocenters. The van der Waals surface area contributed by atoms with Gasteiger partial charge in [0.25, 0.3) is 0 Å². The van der Waals surface area contributed by atoms with Crippen molar-refractivity contribution < 1.29 is 38.1 Å². The van der Waals surface area contributed by atoms with E-state index in [0.29, 0.717) is 22.5 Å². The molecule has 4 aliphatic rings. The van der Waals surface area contributed by atoms with Crippen molar-refractivity contribution in [2.45, 2.75) is 162 Å². The first-order valence-electron chi connectivity index (χ1n) is 47.1. The van der Waals surface area contributed by atoms with Crippen molar-refractivity contribution >= 4 is 156 Å². The molecule has 2 N–H and O–H groups in total. The second kappa shape index (κ2) is 42.0. The van der Waals surface area contributed by atoms with Gasteiger partial charge in [-0.3, -0.25) is 0 Å². The Morgan fingerprint density at radius 1 is 0.293 bits per heavy atom. The zero-order valence-electron chi connectivity index (χ0n) is 81.9. The monoisotopic (exact) mass is 1970 g/mol. The number of halogens is 4. The van der Waals surface area contributed by atoms with Crippen molar-refractivity contribution in [2.75, 3.05) is 0 Å². The van der Waals surface area contributed by atoms with Crippen molar-refractivity contribution in [1.82, 2.24) is 28.7 Å². The lowest BCUT2D eigenvalue weighted by molar-refractivity contribution is -0.107. The molecule has 7 heterocycles. The maximum absolute atomic E-state index is 9.10. The molecule has 2 radical (unpaired) electrons. The second-order valence-electron chi connectivity index (χ2n) is 39.2. The van der Waals surface area contributed by atoms with Gasteiger partial charge in [0.15, 0.2) is 17.5 Å². The van der Waals surface area contributed by atoms with Crippen LogP contribution in [0.25, 0.3) is 128 Å². The minimum Gasteiger partial charge on any atom is -0.405 e. The Morgan fingerprint density at radius 3 is 0.821 bits per heavy atom. The van der Waals surface area contributed by atoms with Gasteiger partial charge < -0.3 is 51.8 Å². The molecule has 0 amide bonds. The van der Waals surface area contributed by atoms with Crippen LogP contribution in [0, 0.1) is 0 Å². The van der Waals surface area contributed by atoms with Crippen LogP contribution in [0.2, 0.25) is 15.1 Å². The number of benzene rings is 15. The van der Waals surface area contributed by atoms with E-state index in [0.717, 1.165) is 65.6 Å². The summed E-state index contributed by atoms with van der Waals surface area (Å²) in [5, 5.41) is 28.1. The van der Waals surface area contributed by atoms with E-state index in [1.165, 1.54) is 87.7 Å². The fourth-order valence-corrected chi connectivity index (χ4v) is 17.3. The zero-order valence-corrected chi connectivity index (χ0v) is 85.7. The Bertz CT molecular complexity index is 6990. The number of rotatable bonds is 9. The summed E-state index contributed by atoms with van der Waals surface area (Å²) in [6.07, 6.45) is 1.10. The molecular formula is C118H114B4BrCl3N6O8. The molecule has 3 saturated heterocycles. The van der Waals surface area contributed by atoms with Gasteiger partial charge in [-0.25, -0.2) is 15.0 Å². The molecule has 15 aromatic carbocycles. The van der Waals surface area contributed by atoms with Crippen molar-refractivity contribution in [1.29, 1.82) is 0 Å². The minimum absolute atomic E-state index is 0.330. The summed E-state index contributed by atoms with van der Waals surface area (Å²) in [4.78, 5) is 14.0. The lowest BCUT2D eigenvalue weighted by Gasteiger charge is -2.32. The Morgan fingerprint density at radius 2 is 0.529 bits per heavy atom. The van der Waals surface area contributed by atoms with Crippen LogP contribution in [0.15, 0.2) is 381 Å². The highest BCUT2D eigenvalue weighted by Gasteiger charge is 2.64. The van der Waals surface area contributed by atoms with Crippen molar-refractivity contribution in [3.63, 3.8) is 0 Å². The van der Waals surface area contributed by atoms with Crippen molar-refractivity contribution in [3.05, 3.63) is 407 Å². The summed E-state index contributed by atoms with van der Waals surface area (Å²) >= 11 is 20.9. The Labute approximate surface area is 847 Å². The van der Waals surface area contributed by atoms with Gasteiger partial charge in [-0.2, -0.15) is 0 Å². The molecule has 1 aliphatic carbocycles. The summed E-state index contributed by atoms with van der Waals surface area (Å²) < 4.78 is 44.2. The van der Waals surface area contributed by atoms with Crippen LogP contribution in [0.5, 0.6) is 0 Å². The summed E-state index contributed by atoms with van der Waals surface area (Å²) in [6, 6.07) is 128. The van der Waals surface area contributed by atoms with E-state index in [1.807, 2.05) is 189 Å². The summed E-state index contributed by atoms with van der Waals surface area (Å²) in [5.74, 6) is 1.93. The Balaban J connectivity index is 0.000000119. The zero-order chi connectivity index (χ0) is 99.3. The van der Waals surface area contributed by atoms with Crippen molar-refractivity contribution in [2.24, 2.45) is 0 Å². The Hall–Kier alpha value is -12.0. The molecule has 4 aromatic heterocycles. The first kappa shape index (κ1) is 101. The molecule has 0 saturated carbocycles. The quantitative estimate of drug-likeness (QED) is 0.133. The summed E-state index contributed by atoms with van der Waals surface area (Å²) in [7, 11) is 4.51. The van der Waals surface area contributed by atoms with E-state index in [9.17, 15) is 0 Å². The van der Waals surface area contributed by atoms with Gasteiger partial charge in [-0.05, 0) is 278 Å². The third-order valence-corrected chi connectivity index (χ3v) is 28.5. The van der Waals surface area contributed by atoms with Gasteiger partial charge in [-0.1, -0.05) is 299 Å². The highest BCUT2D eigenvalue weighted by atomic mass is 79.9. The van der Waals surface area contributed by atoms with Crippen molar-refractivity contribution in [3.8, 4) is 62.4 Å². The van der Waals surface area contributed by atoms with Gasteiger partial charge in [-0.15, -0.1) is 0 Å². The fraction of sp³-hybridized carbons (Fsp3) is 0.212. The van der Waals surface area contributed by atoms with Gasteiger partial charge in [0.2, 0.25) is 0 Å². The molecule has 0 atom stereocenters. The minimum atomic E-state index is -1.01. The third-order valence-electron chi connectivity index (χ3n) is 27.2. The smallest absolute Gasteiger partial charge is 0.405 e. The number of hydrogen-bond donors (Lipinski definition) is 2. The van der Waals surface area contributed by atoms with E-state index < -0.39 is 25.2 Å². The number of aromatic nitrogens is 6. The second-order valence-corrected chi connectivity index (χ2v) is 41.4. The van der Waals surface area contributed by atoms with Crippen LogP contribution in [0.4, 0.5) is 0 Å². The molecule has 140 heavy (non-hydrogen) atoms. The maximum atomic E-state index is 9.10. The molecular weight excluding hydrogens is 1860 g/mol. The number of nitrogens with zero attached hydrogens (tertiary/aromatic N) is 6. The topological polar surface area (TPSA) is 149 Å². The normalized spacial score (nSPS) is 15.3. The molecule has 19 aromatic rings.